The topological polar surface area (TPSA) is 54.3 Å². The molecular weight excluding hydrogens is 240 g/mol. The Labute approximate surface area is 114 Å². The summed E-state index contributed by atoms with van der Waals surface area (Å²) in [7, 11) is 0. The van der Waals surface area contributed by atoms with Crippen LogP contribution < -0.4 is 14.8 Å². The van der Waals surface area contributed by atoms with E-state index in [4.69, 9.17) is 14.7 Å². The molecule has 0 amide bonds. The lowest BCUT2D eigenvalue weighted by atomic mass is 10.3. The largest absolute Gasteiger partial charge is 0.494 e. The Hall–Kier alpha value is -1.73. The lowest BCUT2D eigenvalue weighted by Crippen LogP contribution is -2.34. The summed E-state index contributed by atoms with van der Waals surface area (Å²) in [6.07, 6.45) is 3.33. The number of rotatable bonds is 8. The van der Waals surface area contributed by atoms with Crippen LogP contribution in [0.1, 0.15) is 26.2 Å². The molecule has 1 fully saturated rings. The number of nitrogens with one attached hydrogen (secondary N) is 1. The van der Waals surface area contributed by atoms with Crippen LogP contribution in [-0.4, -0.2) is 25.3 Å². The van der Waals surface area contributed by atoms with E-state index >= 15 is 0 Å². The number of hydrogen-bond acceptors (Lipinski definition) is 4. The molecule has 1 aliphatic carbocycles. The van der Waals surface area contributed by atoms with Crippen molar-refractivity contribution in [3.8, 4) is 17.6 Å². The molecule has 0 spiro atoms. The van der Waals surface area contributed by atoms with Crippen LogP contribution in [-0.2, 0) is 0 Å². The highest BCUT2D eigenvalue weighted by atomic mass is 16.5. The number of nitrogens with zero attached hydrogens (tertiary/aromatic N) is 1. The molecule has 0 saturated heterocycles. The molecule has 19 heavy (non-hydrogen) atoms. The molecular formula is C15H20N2O2. The smallest absolute Gasteiger partial charge is 0.130 e. The Morgan fingerprint density at radius 3 is 2.42 bits per heavy atom. The van der Waals surface area contributed by atoms with E-state index in [2.05, 4.69) is 18.3 Å². The summed E-state index contributed by atoms with van der Waals surface area (Å²) in [5, 5.41) is 12.2. The maximum atomic E-state index is 9.01. The first-order chi connectivity index (χ1) is 9.31. The van der Waals surface area contributed by atoms with E-state index in [9.17, 15) is 0 Å². The lowest BCUT2D eigenvalue weighted by molar-refractivity contribution is 0.286. The first-order valence-electron chi connectivity index (χ1n) is 6.83. The van der Waals surface area contributed by atoms with Crippen molar-refractivity contribution in [1.29, 1.82) is 5.26 Å². The first kappa shape index (κ1) is 13.7. The van der Waals surface area contributed by atoms with E-state index in [0.717, 1.165) is 24.5 Å². The zero-order valence-corrected chi connectivity index (χ0v) is 11.3. The van der Waals surface area contributed by atoms with Crippen molar-refractivity contribution < 1.29 is 9.47 Å². The van der Waals surface area contributed by atoms with Gasteiger partial charge in [0.05, 0.1) is 12.7 Å². The number of hydrogen-bond donors (Lipinski definition) is 1. The maximum Gasteiger partial charge on any atom is 0.130 e. The third-order valence-electron chi connectivity index (χ3n) is 2.88. The molecule has 0 aromatic heterocycles. The molecule has 0 bridgehead atoms. The van der Waals surface area contributed by atoms with Crippen molar-refractivity contribution in [2.24, 2.45) is 0 Å². The van der Waals surface area contributed by atoms with Crippen molar-refractivity contribution in [3.05, 3.63) is 24.3 Å². The minimum absolute atomic E-state index is 0.233. The Balaban J connectivity index is 1.76. The molecule has 1 aromatic carbocycles. The maximum absolute atomic E-state index is 9.01. The predicted octanol–water partition coefficient (Wildman–Crippen LogP) is 2.50. The number of ether oxygens (including phenoxy) is 2. The van der Waals surface area contributed by atoms with Gasteiger partial charge < -0.3 is 9.47 Å². The molecule has 0 aliphatic heterocycles. The summed E-state index contributed by atoms with van der Waals surface area (Å²) in [6.45, 7) is 3.18. The molecule has 1 N–H and O–H groups in total. The van der Waals surface area contributed by atoms with Crippen LogP contribution in [0.25, 0.3) is 0 Å². The van der Waals surface area contributed by atoms with Crippen molar-refractivity contribution in [3.63, 3.8) is 0 Å². The molecule has 0 radical (unpaired) electrons. The molecule has 1 aliphatic rings. The van der Waals surface area contributed by atoms with Gasteiger partial charge in [-0.3, -0.25) is 5.32 Å². The third kappa shape index (κ3) is 4.80. The summed E-state index contributed by atoms with van der Waals surface area (Å²) in [5.74, 6) is 1.61. The molecule has 4 nitrogen and oxygen atoms in total. The van der Waals surface area contributed by atoms with Crippen LogP contribution in [0, 0.1) is 11.3 Å². The summed E-state index contributed by atoms with van der Waals surface area (Å²) in [6, 6.07) is 10.0. The van der Waals surface area contributed by atoms with Gasteiger partial charge in [-0.1, -0.05) is 6.92 Å². The van der Waals surface area contributed by atoms with Gasteiger partial charge in [-0.25, -0.2) is 0 Å². The van der Waals surface area contributed by atoms with Gasteiger partial charge in [-0.15, -0.1) is 0 Å². The molecule has 2 rings (SSSR count). The van der Waals surface area contributed by atoms with Crippen LogP contribution >= 0.6 is 0 Å². The Bertz CT molecular complexity index is 421. The molecule has 1 aromatic rings. The highest BCUT2D eigenvalue weighted by molar-refractivity contribution is 5.31. The van der Waals surface area contributed by atoms with Crippen LogP contribution in [0.3, 0.4) is 0 Å². The minimum Gasteiger partial charge on any atom is -0.494 e. The van der Waals surface area contributed by atoms with Crippen LogP contribution in [0.4, 0.5) is 0 Å². The van der Waals surface area contributed by atoms with E-state index in [0.29, 0.717) is 12.6 Å². The number of benzene rings is 1. The first-order valence-corrected chi connectivity index (χ1v) is 6.83. The normalized spacial score (nSPS) is 15.6. The highest BCUT2D eigenvalue weighted by Gasteiger charge is 2.24. The molecule has 1 unspecified atom stereocenters. The van der Waals surface area contributed by atoms with Gasteiger partial charge in [-0.05, 0) is 43.5 Å². The van der Waals surface area contributed by atoms with E-state index in [1.807, 2.05) is 24.3 Å². The summed E-state index contributed by atoms with van der Waals surface area (Å²) in [4.78, 5) is 0. The zero-order chi connectivity index (χ0) is 13.5. The Kier molecular flexibility index (Phi) is 5.05. The average Bonchev–Trinajstić information content (AvgIpc) is 3.26. The monoisotopic (exact) mass is 260 g/mol. The van der Waals surface area contributed by atoms with E-state index in [1.54, 1.807) is 0 Å². The van der Waals surface area contributed by atoms with Gasteiger partial charge in [0, 0.05) is 6.04 Å². The van der Waals surface area contributed by atoms with Gasteiger partial charge >= 0.3 is 0 Å². The molecule has 102 valence electrons. The van der Waals surface area contributed by atoms with Crippen molar-refractivity contribution in [2.45, 2.75) is 38.3 Å². The third-order valence-corrected chi connectivity index (χ3v) is 2.88. The molecule has 4 heteroatoms. The van der Waals surface area contributed by atoms with E-state index in [1.165, 1.54) is 12.8 Å². The molecule has 0 heterocycles. The highest BCUT2D eigenvalue weighted by Crippen LogP contribution is 2.20. The lowest BCUT2D eigenvalue weighted by Gasteiger charge is -2.12. The zero-order valence-electron chi connectivity index (χ0n) is 11.3. The van der Waals surface area contributed by atoms with E-state index in [-0.39, 0.29) is 6.04 Å². The van der Waals surface area contributed by atoms with E-state index < -0.39 is 0 Å². The Morgan fingerprint density at radius 1 is 1.26 bits per heavy atom. The second-order valence-electron chi connectivity index (χ2n) is 4.75. The standard InChI is InChI=1S/C15H20N2O2/c1-2-9-18-14-5-7-15(8-6-14)19-11-13(10-16)17-12-3-4-12/h5-8,12-13,17H,2-4,9,11H2,1H3. The van der Waals surface area contributed by atoms with Gasteiger partial charge in [0.15, 0.2) is 0 Å². The van der Waals surface area contributed by atoms with Gasteiger partial charge in [0.2, 0.25) is 0 Å². The van der Waals surface area contributed by atoms with Crippen LogP contribution in [0.15, 0.2) is 24.3 Å². The van der Waals surface area contributed by atoms with Crippen molar-refractivity contribution in [2.75, 3.05) is 13.2 Å². The Morgan fingerprint density at radius 2 is 1.89 bits per heavy atom. The molecule has 1 atom stereocenters. The second-order valence-corrected chi connectivity index (χ2v) is 4.75. The fourth-order valence-electron chi connectivity index (χ4n) is 1.69. The fourth-order valence-corrected chi connectivity index (χ4v) is 1.69. The van der Waals surface area contributed by atoms with Crippen molar-refractivity contribution in [1.82, 2.24) is 5.32 Å². The molecule has 1 saturated carbocycles. The van der Waals surface area contributed by atoms with Crippen LogP contribution in [0.2, 0.25) is 0 Å². The number of nitriles is 1. The minimum atomic E-state index is -0.233. The van der Waals surface area contributed by atoms with Gasteiger partial charge in [0.1, 0.15) is 24.1 Å². The quantitative estimate of drug-likeness (QED) is 0.780. The van der Waals surface area contributed by atoms with Gasteiger partial charge in [-0.2, -0.15) is 5.26 Å². The summed E-state index contributed by atoms with van der Waals surface area (Å²) >= 11 is 0. The van der Waals surface area contributed by atoms with Crippen molar-refractivity contribution >= 4 is 0 Å². The van der Waals surface area contributed by atoms with Crippen LogP contribution in [0.5, 0.6) is 11.5 Å². The average molecular weight is 260 g/mol. The predicted molar refractivity (Wildman–Crippen MR) is 73.3 cm³/mol. The summed E-state index contributed by atoms with van der Waals surface area (Å²) < 4.78 is 11.1. The second kappa shape index (κ2) is 7.01. The fraction of sp³-hybridized carbons (Fsp3) is 0.533. The van der Waals surface area contributed by atoms with Gasteiger partial charge in [0.25, 0.3) is 0 Å². The summed E-state index contributed by atoms with van der Waals surface area (Å²) in [5.41, 5.74) is 0. The SMILES string of the molecule is CCCOc1ccc(OCC(C#N)NC2CC2)cc1.